The Balaban J connectivity index is 1.18. The lowest BCUT2D eigenvalue weighted by molar-refractivity contribution is -0.143. The molecule has 0 unspecified atom stereocenters. The molecule has 2 amide bonds. The van der Waals surface area contributed by atoms with Gasteiger partial charge in [0.1, 0.15) is 5.69 Å². The van der Waals surface area contributed by atoms with Gasteiger partial charge in [-0.3, -0.25) is 9.78 Å². The molecule has 4 aromatic rings. The lowest BCUT2D eigenvalue weighted by Crippen LogP contribution is -2.22. The SMILES string of the molecule is CCOC(=O)CCCCCc1nc(-c2ncc(NC(=O)Nc3cnc4ccnn4c3C3CCCC3)cc2C)no1. The topological polar surface area (TPSA) is 149 Å². The van der Waals surface area contributed by atoms with Crippen molar-refractivity contribution in [2.24, 2.45) is 0 Å². The Kier molecular flexibility index (Phi) is 8.62. The van der Waals surface area contributed by atoms with E-state index >= 15 is 0 Å². The Labute approximate surface area is 231 Å². The predicted octanol–water partition coefficient (Wildman–Crippen LogP) is 5.45. The van der Waals surface area contributed by atoms with Crippen LogP contribution in [0.5, 0.6) is 0 Å². The van der Waals surface area contributed by atoms with Crippen LogP contribution in [0.1, 0.15) is 81.4 Å². The molecular formula is C28H34N8O4. The summed E-state index contributed by atoms with van der Waals surface area (Å²) in [5.41, 5.74) is 4.33. The van der Waals surface area contributed by atoms with Gasteiger partial charge in [0.05, 0.1) is 42.3 Å². The molecule has 0 bridgehead atoms. The second-order valence-corrected chi connectivity index (χ2v) is 9.99. The number of ether oxygens (including phenoxy) is 1. The van der Waals surface area contributed by atoms with E-state index in [4.69, 9.17) is 9.26 Å². The lowest BCUT2D eigenvalue weighted by Gasteiger charge is -2.17. The first-order valence-electron chi connectivity index (χ1n) is 13.9. The highest BCUT2D eigenvalue weighted by molar-refractivity contribution is 6.00. The normalized spacial score (nSPS) is 13.6. The van der Waals surface area contributed by atoms with Crippen molar-refractivity contribution in [1.82, 2.24) is 29.7 Å². The highest BCUT2D eigenvalue weighted by Crippen LogP contribution is 2.37. The molecule has 0 saturated heterocycles. The first-order chi connectivity index (χ1) is 19.5. The number of amides is 2. The van der Waals surface area contributed by atoms with Gasteiger partial charge in [-0.2, -0.15) is 10.1 Å². The number of urea groups is 1. The summed E-state index contributed by atoms with van der Waals surface area (Å²) in [4.78, 5) is 37.8. The molecule has 12 nitrogen and oxygen atoms in total. The number of hydrogen-bond donors (Lipinski definition) is 2. The van der Waals surface area contributed by atoms with Crippen LogP contribution in [0, 0.1) is 6.92 Å². The number of unbranched alkanes of at least 4 members (excludes halogenated alkanes) is 2. The summed E-state index contributed by atoms with van der Waals surface area (Å²) < 4.78 is 12.2. The summed E-state index contributed by atoms with van der Waals surface area (Å²) in [6.45, 7) is 4.09. The number of carbonyl (C=O) groups is 2. The van der Waals surface area contributed by atoms with Crippen LogP contribution < -0.4 is 10.6 Å². The predicted molar refractivity (Wildman–Crippen MR) is 148 cm³/mol. The van der Waals surface area contributed by atoms with Gasteiger partial charge in [-0.1, -0.05) is 24.4 Å². The molecule has 4 heterocycles. The molecular weight excluding hydrogens is 512 g/mol. The maximum absolute atomic E-state index is 12.9. The molecule has 0 aromatic carbocycles. The average Bonchev–Trinajstić information content (AvgIpc) is 3.71. The van der Waals surface area contributed by atoms with Crippen LogP contribution in [0.4, 0.5) is 16.2 Å². The quantitative estimate of drug-likeness (QED) is 0.185. The van der Waals surface area contributed by atoms with E-state index in [9.17, 15) is 9.59 Å². The molecule has 40 heavy (non-hydrogen) atoms. The molecule has 4 aromatic heterocycles. The van der Waals surface area contributed by atoms with Crippen molar-refractivity contribution in [3.63, 3.8) is 0 Å². The average molecular weight is 547 g/mol. The third-order valence-electron chi connectivity index (χ3n) is 7.04. The molecule has 210 valence electrons. The zero-order valence-corrected chi connectivity index (χ0v) is 22.9. The van der Waals surface area contributed by atoms with E-state index in [2.05, 4.69) is 35.8 Å². The van der Waals surface area contributed by atoms with E-state index in [1.54, 1.807) is 25.5 Å². The molecule has 0 radical (unpaired) electrons. The summed E-state index contributed by atoms with van der Waals surface area (Å²) in [5.74, 6) is 1.08. The van der Waals surface area contributed by atoms with Crippen LogP contribution >= 0.6 is 0 Å². The van der Waals surface area contributed by atoms with E-state index in [0.29, 0.717) is 54.2 Å². The Morgan fingerprint density at radius 3 is 2.77 bits per heavy atom. The molecule has 1 aliphatic carbocycles. The van der Waals surface area contributed by atoms with Crippen molar-refractivity contribution in [3.8, 4) is 11.5 Å². The molecule has 1 saturated carbocycles. The zero-order valence-electron chi connectivity index (χ0n) is 22.9. The van der Waals surface area contributed by atoms with Crippen molar-refractivity contribution in [3.05, 3.63) is 47.9 Å². The minimum Gasteiger partial charge on any atom is -0.466 e. The molecule has 5 rings (SSSR count). The maximum Gasteiger partial charge on any atom is 0.323 e. The molecule has 0 spiro atoms. The molecule has 2 N–H and O–H groups in total. The van der Waals surface area contributed by atoms with E-state index < -0.39 is 0 Å². The van der Waals surface area contributed by atoms with Gasteiger partial charge in [0.2, 0.25) is 11.7 Å². The van der Waals surface area contributed by atoms with E-state index in [-0.39, 0.29) is 12.0 Å². The third kappa shape index (κ3) is 6.44. The van der Waals surface area contributed by atoms with Crippen molar-refractivity contribution in [2.75, 3.05) is 17.2 Å². The van der Waals surface area contributed by atoms with Crippen LogP contribution in [-0.4, -0.2) is 48.3 Å². The second-order valence-electron chi connectivity index (χ2n) is 9.99. The number of rotatable bonds is 11. The highest BCUT2D eigenvalue weighted by Gasteiger charge is 2.25. The number of fused-ring (bicyclic) bond motifs is 1. The van der Waals surface area contributed by atoms with Crippen LogP contribution in [0.25, 0.3) is 17.2 Å². The summed E-state index contributed by atoms with van der Waals surface area (Å²) in [6.07, 6.45) is 12.9. The first-order valence-corrected chi connectivity index (χ1v) is 13.9. The van der Waals surface area contributed by atoms with Gasteiger partial charge in [0, 0.05) is 24.8 Å². The number of aryl methyl sites for hydroxylation is 2. The van der Waals surface area contributed by atoms with Crippen LogP contribution in [0.2, 0.25) is 0 Å². The smallest absolute Gasteiger partial charge is 0.323 e. The van der Waals surface area contributed by atoms with Crippen molar-refractivity contribution < 1.29 is 18.8 Å². The fourth-order valence-corrected chi connectivity index (χ4v) is 5.15. The summed E-state index contributed by atoms with van der Waals surface area (Å²) in [7, 11) is 0. The van der Waals surface area contributed by atoms with E-state index in [1.165, 1.54) is 0 Å². The van der Waals surface area contributed by atoms with Gasteiger partial charge < -0.3 is 19.9 Å². The number of aromatic nitrogens is 6. The number of anilines is 2. The Morgan fingerprint density at radius 1 is 1.12 bits per heavy atom. The number of nitrogens with zero attached hydrogens (tertiary/aromatic N) is 6. The van der Waals surface area contributed by atoms with Crippen molar-refractivity contribution in [2.45, 2.75) is 77.6 Å². The monoisotopic (exact) mass is 546 g/mol. The van der Waals surface area contributed by atoms with E-state index in [0.717, 1.165) is 61.9 Å². The molecule has 0 atom stereocenters. The number of pyridine rings is 1. The minimum absolute atomic E-state index is 0.166. The van der Waals surface area contributed by atoms with Gasteiger partial charge >= 0.3 is 12.0 Å². The number of carbonyl (C=O) groups excluding carboxylic acids is 2. The Hall–Kier alpha value is -4.35. The second kappa shape index (κ2) is 12.7. The van der Waals surface area contributed by atoms with Gasteiger partial charge in [-0.25, -0.2) is 14.3 Å². The van der Waals surface area contributed by atoms with E-state index in [1.807, 2.05) is 23.6 Å². The first kappa shape index (κ1) is 27.2. The summed E-state index contributed by atoms with van der Waals surface area (Å²) >= 11 is 0. The maximum atomic E-state index is 12.9. The third-order valence-corrected chi connectivity index (χ3v) is 7.04. The molecule has 12 heteroatoms. The van der Waals surface area contributed by atoms with Crippen molar-refractivity contribution >= 4 is 29.0 Å². The summed E-state index contributed by atoms with van der Waals surface area (Å²) in [5, 5.41) is 14.3. The largest absolute Gasteiger partial charge is 0.466 e. The lowest BCUT2D eigenvalue weighted by atomic mass is 10.0. The fraction of sp³-hybridized carbons (Fsp3) is 0.464. The Bertz CT molecular complexity index is 1470. The Morgan fingerprint density at radius 2 is 1.98 bits per heavy atom. The van der Waals surface area contributed by atoms with Crippen LogP contribution in [-0.2, 0) is 16.0 Å². The van der Waals surface area contributed by atoms with Gasteiger partial charge in [-0.05, 0) is 51.2 Å². The van der Waals surface area contributed by atoms with Crippen LogP contribution in [0.3, 0.4) is 0 Å². The van der Waals surface area contributed by atoms with Gasteiger partial charge in [0.15, 0.2) is 5.65 Å². The zero-order chi connectivity index (χ0) is 27.9. The van der Waals surface area contributed by atoms with Crippen molar-refractivity contribution in [1.29, 1.82) is 0 Å². The molecule has 0 aliphatic heterocycles. The highest BCUT2D eigenvalue weighted by atomic mass is 16.5. The standard InChI is InChI=1S/C28H34N8O4/c1-3-39-24(37)12-6-4-5-11-23-34-27(35-40-23)25-18(2)15-20(16-30-25)32-28(38)33-21-17-29-22-13-14-31-36(22)26(21)19-9-7-8-10-19/h13-17,19H,3-12H2,1-2H3,(H2,32,33,38). The fourth-order valence-electron chi connectivity index (χ4n) is 5.15. The van der Waals surface area contributed by atoms with Crippen LogP contribution in [0.15, 0.2) is 35.2 Å². The minimum atomic E-state index is -0.383. The van der Waals surface area contributed by atoms with Gasteiger partial charge in [-0.15, -0.1) is 0 Å². The number of esters is 1. The number of hydrogen-bond acceptors (Lipinski definition) is 9. The molecule has 1 fully saturated rings. The molecule has 1 aliphatic rings. The number of nitrogens with one attached hydrogen (secondary N) is 2. The summed E-state index contributed by atoms with van der Waals surface area (Å²) in [6, 6.07) is 3.30. The van der Waals surface area contributed by atoms with Gasteiger partial charge in [0.25, 0.3) is 0 Å².